The van der Waals surface area contributed by atoms with Crippen molar-refractivity contribution >= 4 is 28.7 Å². The van der Waals surface area contributed by atoms with Crippen molar-refractivity contribution in [3.8, 4) is 0 Å². The Morgan fingerprint density at radius 1 is 1.33 bits per heavy atom. The van der Waals surface area contributed by atoms with Gasteiger partial charge in [0.05, 0.1) is 0 Å². The number of nitrogens with zero attached hydrogens (tertiary/aromatic N) is 1. The molecular formula is C13H12FN3S. The monoisotopic (exact) mass is 261 g/mol. The van der Waals surface area contributed by atoms with E-state index in [9.17, 15) is 4.39 Å². The van der Waals surface area contributed by atoms with Crippen LogP contribution in [0.2, 0.25) is 0 Å². The highest BCUT2D eigenvalue weighted by molar-refractivity contribution is 7.80. The van der Waals surface area contributed by atoms with Crippen LogP contribution in [0.3, 0.4) is 0 Å². The molecule has 2 aromatic rings. The second-order valence-electron chi connectivity index (χ2n) is 3.88. The van der Waals surface area contributed by atoms with Crippen molar-refractivity contribution in [3.63, 3.8) is 0 Å². The maximum absolute atomic E-state index is 13.2. The lowest BCUT2D eigenvalue weighted by Gasteiger charge is -2.09. The highest BCUT2D eigenvalue weighted by Gasteiger charge is 2.03. The molecule has 0 spiro atoms. The van der Waals surface area contributed by atoms with Gasteiger partial charge in [0.15, 0.2) is 0 Å². The molecule has 92 valence electrons. The molecule has 1 heterocycles. The molecule has 0 aliphatic rings. The van der Waals surface area contributed by atoms with Crippen LogP contribution in [0.5, 0.6) is 0 Å². The number of nitrogens with one attached hydrogen (secondary N) is 1. The molecule has 0 aliphatic carbocycles. The quantitative estimate of drug-likeness (QED) is 0.834. The molecule has 0 saturated heterocycles. The van der Waals surface area contributed by atoms with Crippen LogP contribution in [-0.2, 0) is 0 Å². The number of halogens is 1. The van der Waals surface area contributed by atoms with Gasteiger partial charge in [-0.2, -0.15) is 0 Å². The van der Waals surface area contributed by atoms with Crippen LogP contribution in [-0.4, -0.2) is 9.97 Å². The molecule has 2 rings (SSSR count). The Bertz CT molecular complexity index is 599. The van der Waals surface area contributed by atoms with Gasteiger partial charge in [-0.15, -0.1) is 0 Å². The highest BCUT2D eigenvalue weighted by atomic mass is 32.1. The molecule has 0 radical (unpaired) electrons. The topological polar surface area (TPSA) is 50.9 Å². The lowest BCUT2D eigenvalue weighted by Crippen LogP contribution is -2.10. The van der Waals surface area contributed by atoms with Crippen LogP contribution in [0.25, 0.3) is 0 Å². The predicted molar refractivity (Wildman–Crippen MR) is 74.5 cm³/mol. The van der Waals surface area contributed by atoms with Gasteiger partial charge in [0.2, 0.25) is 0 Å². The number of anilines is 2. The van der Waals surface area contributed by atoms with Crippen molar-refractivity contribution in [3.05, 3.63) is 53.5 Å². The summed E-state index contributed by atoms with van der Waals surface area (Å²) in [6.45, 7) is 1.89. The smallest absolute Gasteiger partial charge is 0.130 e. The number of nitrogens with two attached hydrogens (primary N) is 1. The third-order valence-corrected chi connectivity index (χ3v) is 2.74. The van der Waals surface area contributed by atoms with Crippen molar-refractivity contribution in [2.24, 2.45) is 5.73 Å². The van der Waals surface area contributed by atoms with Gasteiger partial charge in [0.25, 0.3) is 0 Å². The fraction of sp³-hybridized carbons (Fsp3) is 0.0769. The summed E-state index contributed by atoms with van der Waals surface area (Å²) in [6.07, 6.45) is 1.60. The van der Waals surface area contributed by atoms with Crippen molar-refractivity contribution in [1.29, 1.82) is 0 Å². The van der Waals surface area contributed by atoms with Crippen LogP contribution in [0.4, 0.5) is 15.9 Å². The number of hydrogen-bond donors (Lipinski definition) is 2. The van der Waals surface area contributed by atoms with Gasteiger partial charge in [-0.05, 0) is 36.8 Å². The molecule has 0 fully saturated rings. The Labute approximate surface area is 110 Å². The van der Waals surface area contributed by atoms with Crippen LogP contribution in [0.15, 0.2) is 36.5 Å². The van der Waals surface area contributed by atoms with E-state index in [2.05, 4.69) is 10.3 Å². The van der Waals surface area contributed by atoms with Crippen LogP contribution < -0.4 is 11.1 Å². The minimum absolute atomic E-state index is 0.298. The van der Waals surface area contributed by atoms with Crippen molar-refractivity contribution < 1.29 is 4.39 Å². The Morgan fingerprint density at radius 2 is 2.11 bits per heavy atom. The summed E-state index contributed by atoms with van der Waals surface area (Å²) in [5.41, 5.74) is 7.86. The average molecular weight is 261 g/mol. The van der Waals surface area contributed by atoms with Crippen molar-refractivity contribution in [2.45, 2.75) is 6.92 Å². The van der Waals surface area contributed by atoms with E-state index in [1.165, 1.54) is 12.1 Å². The molecule has 0 unspecified atom stereocenters. The SMILES string of the molecule is Cc1ccc(F)cc1Nc1cc(C(N)=S)ccn1. The molecule has 5 heteroatoms. The van der Waals surface area contributed by atoms with Gasteiger partial charge in [-0.1, -0.05) is 18.3 Å². The molecule has 1 aromatic carbocycles. The van der Waals surface area contributed by atoms with E-state index in [0.717, 1.165) is 11.1 Å². The third kappa shape index (κ3) is 2.81. The Balaban J connectivity index is 2.31. The number of aromatic nitrogens is 1. The van der Waals surface area contributed by atoms with E-state index in [1.807, 2.05) is 6.92 Å². The molecule has 0 atom stereocenters. The fourth-order valence-electron chi connectivity index (χ4n) is 1.52. The first-order valence-corrected chi connectivity index (χ1v) is 5.76. The van der Waals surface area contributed by atoms with Gasteiger partial charge in [-0.3, -0.25) is 0 Å². The summed E-state index contributed by atoms with van der Waals surface area (Å²) in [7, 11) is 0. The minimum atomic E-state index is -0.298. The lowest BCUT2D eigenvalue weighted by atomic mass is 10.2. The van der Waals surface area contributed by atoms with E-state index < -0.39 is 0 Å². The van der Waals surface area contributed by atoms with E-state index in [-0.39, 0.29) is 5.82 Å². The van der Waals surface area contributed by atoms with Crippen molar-refractivity contribution in [2.75, 3.05) is 5.32 Å². The third-order valence-electron chi connectivity index (χ3n) is 2.51. The number of aryl methyl sites for hydroxylation is 1. The van der Waals surface area contributed by atoms with E-state index in [0.29, 0.717) is 16.5 Å². The number of benzene rings is 1. The summed E-state index contributed by atoms with van der Waals surface area (Å²) < 4.78 is 13.2. The fourth-order valence-corrected chi connectivity index (χ4v) is 1.65. The first kappa shape index (κ1) is 12.4. The summed E-state index contributed by atoms with van der Waals surface area (Å²) in [4.78, 5) is 4.44. The largest absolute Gasteiger partial charge is 0.389 e. The molecule has 0 aliphatic heterocycles. The molecule has 18 heavy (non-hydrogen) atoms. The Morgan fingerprint density at radius 3 is 2.83 bits per heavy atom. The zero-order valence-electron chi connectivity index (χ0n) is 9.77. The first-order valence-electron chi connectivity index (χ1n) is 5.35. The Hall–Kier alpha value is -2.01. The minimum Gasteiger partial charge on any atom is -0.389 e. The zero-order chi connectivity index (χ0) is 13.1. The second-order valence-corrected chi connectivity index (χ2v) is 4.32. The van der Waals surface area contributed by atoms with E-state index in [4.69, 9.17) is 18.0 Å². The molecule has 0 saturated carbocycles. The summed E-state index contributed by atoms with van der Waals surface area (Å²) >= 11 is 4.90. The molecule has 0 amide bonds. The van der Waals surface area contributed by atoms with E-state index >= 15 is 0 Å². The maximum Gasteiger partial charge on any atom is 0.130 e. The summed E-state index contributed by atoms with van der Waals surface area (Å²) in [5.74, 6) is 0.280. The predicted octanol–water partition coefficient (Wildman–Crippen LogP) is 2.91. The number of thiocarbonyl (C=S) groups is 1. The van der Waals surface area contributed by atoms with Crippen molar-refractivity contribution in [1.82, 2.24) is 4.98 Å². The van der Waals surface area contributed by atoms with Gasteiger partial charge in [-0.25, -0.2) is 9.37 Å². The van der Waals surface area contributed by atoms with E-state index in [1.54, 1.807) is 24.4 Å². The van der Waals surface area contributed by atoms with Gasteiger partial charge < -0.3 is 11.1 Å². The normalized spacial score (nSPS) is 10.1. The van der Waals surface area contributed by atoms with Crippen LogP contribution in [0, 0.1) is 12.7 Å². The van der Waals surface area contributed by atoms with Gasteiger partial charge in [0.1, 0.15) is 16.6 Å². The van der Waals surface area contributed by atoms with Crippen LogP contribution >= 0.6 is 12.2 Å². The standard InChI is InChI=1S/C13H12FN3S/c1-8-2-3-10(14)7-11(8)17-12-6-9(13(15)18)4-5-16-12/h2-7H,1H3,(H2,15,18)(H,16,17). The van der Waals surface area contributed by atoms with Gasteiger partial charge in [0, 0.05) is 17.4 Å². The molecule has 3 nitrogen and oxygen atoms in total. The lowest BCUT2D eigenvalue weighted by molar-refractivity contribution is 0.628. The number of rotatable bonds is 3. The Kier molecular flexibility index (Phi) is 3.53. The first-order chi connectivity index (χ1) is 8.56. The second kappa shape index (κ2) is 5.10. The highest BCUT2D eigenvalue weighted by Crippen LogP contribution is 2.20. The maximum atomic E-state index is 13.2. The van der Waals surface area contributed by atoms with Crippen LogP contribution in [0.1, 0.15) is 11.1 Å². The summed E-state index contributed by atoms with van der Waals surface area (Å²) in [6, 6.07) is 8.00. The number of hydrogen-bond acceptors (Lipinski definition) is 3. The summed E-state index contributed by atoms with van der Waals surface area (Å²) in [5, 5.41) is 3.04. The zero-order valence-corrected chi connectivity index (χ0v) is 10.6. The van der Waals surface area contributed by atoms with Gasteiger partial charge >= 0.3 is 0 Å². The number of pyridine rings is 1. The average Bonchev–Trinajstić information content (AvgIpc) is 2.34. The molecule has 1 aromatic heterocycles. The molecule has 3 N–H and O–H groups in total. The molecule has 0 bridgehead atoms. The molecular weight excluding hydrogens is 249 g/mol.